The van der Waals surface area contributed by atoms with E-state index in [0.29, 0.717) is 18.8 Å². The molecule has 0 spiro atoms. The highest BCUT2D eigenvalue weighted by molar-refractivity contribution is 5.94. The Morgan fingerprint density at radius 1 is 1.08 bits per heavy atom. The number of rotatable bonds is 6. The van der Waals surface area contributed by atoms with Crippen LogP contribution in [0.1, 0.15) is 47.4 Å². The van der Waals surface area contributed by atoms with E-state index in [1.807, 2.05) is 26.8 Å². The summed E-state index contributed by atoms with van der Waals surface area (Å²) in [5.74, 6) is -0.302. The fraction of sp³-hybridized carbons (Fsp3) is 0.433. The van der Waals surface area contributed by atoms with E-state index < -0.39 is 0 Å². The van der Waals surface area contributed by atoms with Gasteiger partial charge >= 0.3 is 5.97 Å². The van der Waals surface area contributed by atoms with E-state index in [1.165, 1.54) is 11.1 Å². The van der Waals surface area contributed by atoms with Crippen LogP contribution in [0.4, 0.5) is 0 Å². The smallest absolute Gasteiger partial charge is 0.338 e. The van der Waals surface area contributed by atoms with Gasteiger partial charge in [0.15, 0.2) is 0 Å². The molecule has 7 heteroatoms. The van der Waals surface area contributed by atoms with E-state index in [1.54, 1.807) is 0 Å². The van der Waals surface area contributed by atoms with E-state index >= 15 is 0 Å². The minimum absolute atomic E-state index is 0.188. The van der Waals surface area contributed by atoms with Gasteiger partial charge in [-0.1, -0.05) is 24.8 Å². The van der Waals surface area contributed by atoms with E-state index in [2.05, 4.69) is 57.5 Å². The van der Waals surface area contributed by atoms with Gasteiger partial charge in [-0.3, -0.25) is 0 Å². The summed E-state index contributed by atoms with van der Waals surface area (Å²) < 4.78 is 18.8. The van der Waals surface area contributed by atoms with Crippen molar-refractivity contribution >= 4 is 22.8 Å². The Morgan fingerprint density at radius 2 is 1.78 bits per heavy atom. The molecule has 0 unspecified atom stereocenters. The number of pyridine rings is 1. The largest absolute Gasteiger partial charge is 0.459 e. The molecule has 2 aromatic heterocycles. The maximum atomic E-state index is 13.1. The van der Waals surface area contributed by atoms with Gasteiger partial charge < -0.3 is 28.4 Å². The first-order valence-electron chi connectivity index (χ1n) is 13.2. The van der Waals surface area contributed by atoms with Crippen molar-refractivity contribution in [1.29, 1.82) is 0 Å². The summed E-state index contributed by atoms with van der Waals surface area (Å²) in [5, 5.41) is 0. The molecule has 2 aromatic rings. The highest BCUT2D eigenvalue weighted by Crippen LogP contribution is 2.33. The Bertz CT molecular complexity index is 1270. The first-order chi connectivity index (χ1) is 17.9. The van der Waals surface area contributed by atoms with Gasteiger partial charge in [-0.2, -0.15) is 0 Å². The maximum absolute atomic E-state index is 13.1. The highest BCUT2D eigenvalue weighted by Gasteiger charge is 2.24. The molecular formula is C30H37N3O4. The van der Waals surface area contributed by atoms with Crippen molar-refractivity contribution in [2.24, 2.45) is 0 Å². The first-order valence-corrected chi connectivity index (χ1v) is 13.2. The average Bonchev–Trinajstić information content (AvgIpc) is 3.33. The van der Waals surface area contributed by atoms with Crippen LogP contribution in [0.5, 0.6) is 0 Å². The Kier molecular flexibility index (Phi) is 7.53. The van der Waals surface area contributed by atoms with E-state index in [-0.39, 0.29) is 12.1 Å². The number of morpholine rings is 2. The summed E-state index contributed by atoms with van der Waals surface area (Å²) >= 11 is 0. The lowest BCUT2D eigenvalue weighted by Crippen LogP contribution is -2.35. The molecule has 2 aliphatic heterocycles. The zero-order chi connectivity index (χ0) is 25.9. The predicted octanol–water partition coefficient (Wildman–Crippen LogP) is 4.68. The molecule has 0 atom stereocenters. The van der Waals surface area contributed by atoms with Crippen LogP contribution in [0.25, 0.3) is 16.8 Å². The van der Waals surface area contributed by atoms with E-state index in [9.17, 15) is 4.79 Å². The van der Waals surface area contributed by atoms with Crippen molar-refractivity contribution < 1.29 is 19.0 Å². The Labute approximate surface area is 219 Å². The number of allylic oxidation sites excluding steroid dienone is 5. The minimum Gasteiger partial charge on any atom is -0.459 e. The second kappa shape index (κ2) is 11.0. The van der Waals surface area contributed by atoms with Crippen molar-refractivity contribution in [2.75, 3.05) is 52.6 Å². The molecule has 3 aliphatic rings. The van der Waals surface area contributed by atoms with Crippen LogP contribution >= 0.6 is 0 Å². The van der Waals surface area contributed by atoms with E-state index in [0.717, 1.165) is 73.8 Å². The molecule has 0 bridgehead atoms. The lowest BCUT2D eigenvalue weighted by Gasteiger charge is -2.31. The summed E-state index contributed by atoms with van der Waals surface area (Å²) in [6.45, 7) is 16.5. The van der Waals surface area contributed by atoms with Crippen molar-refractivity contribution in [3.8, 4) is 0 Å². The summed E-state index contributed by atoms with van der Waals surface area (Å²) in [5.41, 5.74) is 7.93. The minimum atomic E-state index is -0.302. The Hall–Kier alpha value is -3.29. The van der Waals surface area contributed by atoms with Gasteiger partial charge in [-0.05, 0) is 61.6 Å². The number of hydrogen-bond acceptors (Lipinski definition) is 6. The van der Waals surface area contributed by atoms with Gasteiger partial charge in [-0.15, -0.1) is 0 Å². The zero-order valence-electron chi connectivity index (χ0n) is 22.2. The van der Waals surface area contributed by atoms with Crippen LogP contribution < -0.4 is 0 Å². The SMILES string of the molecule is C=C(c1c(C)c(C(=O)OC(C)C)cc2cc(C3=CC=CC(=CN4CCOCC4)C3)cn12)N1CCOCC1. The fourth-order valence-corrected chi connectivity index (χ4v) is 5.21. The van der Waals surface area contributed by atoms with Crippen molar-refractivity contribution in [3.05, 3.63) is 77.3 Å². The van der Waals surface area contributed by atoms with Gasteiger partial charge in [-0.25, -0.2) is 4.79 Å². The van der Waals surface area contributed by atoms with Crippen LogP contribution in [0, 0.1) is 6.92 Å². The number of hydrogen-bond donors (Lipinski definition) is 0. The highest BCUT2D eigenvalue weighted by atomic mass is 16.5. The third kappa shape index (κ3) is 5.53. The maximum Gasteiger partial charge on any atom is 0.338 e. The summed E-state index contributed by atoms with van der Waals surface area (Å²) in [4.78, 5) is 17.7. The molecule has 2 saturated heterocycles. The second-order valence-corrected chi connectivity index (χ2v) is 10.1. The fourth-order valence-electron chi connectivity index (χ4n) is 5.21. The number of esters is 1. The van der Waals surface area contributed by atoms with Crippen molar-refractivity contribution in [3.63, 3.8) is 0 Å². The lowest BCUT2D eigenvalue weighted by atomic mass is 9.96. The number of carbonyl (C=O) groups is 1. The topological polar surface area (TPSA) is 55.6 Å². The molecule has 4 heterocycles. The molecule has 7 nitrogen and oxygen atoms in total. The second-order valence-electron chi connectivity index (χ2n) is 10.1. The summed E-state index contributed by atoms with van der Waals surface area (Å²) in [6, 6.07) is 4.11. The summed E-state index contributed by atoms with van der Waals surface area (Å²) in [6.07, 6.45) is 11.6. The molecular weight excluding hydrogens is 466 g/mol. The average molecular weight is 504 g/mol. The van der Waals surface area contributed by atoms with Gasteiger partial charge in [0.2, 0.25) is 0 Å². The third-order valence-electron chi connectivity index (χ3n) is 7.14. The summed E-state index contributed by atoms with van der Waals surface area (Å²) in [7, 11) is 0. The standard InChI is InChI=1S/C30H37N3O4/c1-21(2)37-30(34)28-18-27-17-26(25-7-5-6-24(16-25)19-31-8-12-35-13-9-31)20-33(27)29(22(28)3)23(4)32-10-14-36-15-11-32/h5-7,17-21H,4,8-16H2,1-3H3. The third-order valence-corrected chi connectivity index (χ3v) is 7.14. The molecule has 1 aliphatic carbocycles. The van der Waals surface area contributed by atoms with Crippen LogP contribution in [0.2, 0.25) is 0 Å². The molecule has 0 N–H and O–H groups in total. The molecule has 2 fully saturated rings. The molecule has 0 amide bonds. The van der Waals surface area contributed by atoms with Crippen LogP contribution in [-0.4, -0.2) is 78.9 Å². The quantitative estimate of drug-likeness (QED) is 0.534. The lowest BCUT2D eigenvalue weighted by molar-refractivity contribution is 0.0376. The predicted molar refractivity (Wildman–Crippen MR) is 146 cm³/mol. The normalized spacial score (nSPS) is 19.6. The number of nitrogens with zero attached hydrogens (tertiary/aromatic N) is 3. The van der Waals surface area contributed by atoms with Crippen molar-refractivity contribution in [2.45, 2.75) is 33.3 Å². The first kappa shape index (κ1) is 25.4. The molecule has 196 valence electrons. The van der Waals surface area contributed by atoms with Crippen LogP contribution in [-0.2, 0) is 14.2 Å². The number of aromatic nitrogens is 1. The molecule has 0 saturated carbocycles. The van der Waals surface area contributed by atoms with E-state index in [4.69, 9.17) is 14.2 Å². The van der Waals surface area contributed by atoms with Gasteiger partial charge in [0.25, 0.3) is 0 Å². The number of fused-ring (bicyclic) bond motifs is 1. The zero-order valence-corrected chi connectivity index (χ0v) is 22.2. The van der Waals surface area contributed by atoms with Crippen molar-refractivity contribution in [1.82, 2.24) is 14.2 Å². The number of ether oxygens (including phenoxy) is 3. The van der Waals surface area contributed by atoms with Gasteiger partial charge in [0.05, 0.1) is 49.5 Å². The van der Waals surface area contributed by atoms with Crippen LogP contribution in [0.3, 0.4) is 0 Å². The van der Waals surface area contributed by atoms with Crippen LogP contribution in [0.15, 0.2) is 54.9 Å². The molecule has 0 aromatic carbocycles. The van der Waals surface area contributed by atoms with Gasteiger partial charge in [0, 0.05) is 44.1 Å². The Balaban J connectivity index is 1.53. The molecule has 0 radical (unpaired) electrons. The Morgan fingerprint density at radius 3 is 2.49 bits per heavy atom. The van der Waals surface area contributed by atoms with Gasteiger partial charge in [0.1, 0.15) is 0 Å². The number of carbonyl (C=O) groups excluding carboxylic acids is 1. The molecule has 37 heavy (non-hydrogen) atoms. The monoisotopic (exact) mass is 503 g/mol. The molecule has 5 rings (SSSR count).